The summed E-state index contributed by atoms with van der Waals surface area (Å²) in [6.45, 7) is 5.48. The second-order valence-electron chi connectivity index (χ2n) is 5.58. The summed E-state index contributed by atoms with van der Waals surface area (Å²) in [4.78, 5) is 14.7. The monoisotopic (exact) mass is 274 g/mol. The first kappa shape index (κ1) is 13.4. The molecule has 1 N–H and O–H groups in total. The maximum atomic E-state index is 12.7. The lowest BCUT2D eigenvalue weighted by molar-refractivity contribution is 0.0575. The van der Waals surface area contributed by atoms with Crippen molar-refractivity contribution in [1.82, 2.24) is 10.2 Å². The smallest absolute Gasteiger partial charge is 0.254 e. The van der Waals surface area contributed by atoms with E-state index in [-0.39, 0.29) is 5.91 Å². The van der Waals surface area contributed by atoms with Crippen LogP contribution in [0, 0.1) is 5.92 Å². The molecule has 0 radical (unpaired) electrons. The summed E-state index contributed by atoms with van der Waals surface area (Å²) >= 11 is 0. The third-order valence-electron chi connectivity index (χ3n) is 4.35. The predicted octanol–water partition coefficient (Wildman–Crippen LogP) is 1.91. The van der Waals surface area contributed by atoms with Crippen molar-refractivity contribution in [2.75, 3.05) is 26.2 Å². The summed E-state index contributed by atoms with van der Waals surface area (Å²) in [5, 5.41) is 3.41. The Bertz CT molecular complexity index is 472. The van der Waals surface area contributed by atoms with Gasteiger partial charge in [-0.2, -0.15) is 0 Å². The van der Waals surface area contributed by atoms with E-state index < -0.39 is 0 Å². The highest BCUT2D eigenvalue weighted by Crippen LogP contribution is 2.28. The molecule has 2 atom stereocenters. The van der Waals surface area contributed by atoms with Gasteiger partial charge in [0.25, 0.3) is 5.91 Å². The number of amides is 1. The van der Waals surface area contributed by atoms with Crippen LogP contribution in [-0.2, 0) is 0 Å². The molecule has 2 fully saturated rings. The fourth-order valence-corrected chi connectivity index (χ4v) is 3.35. The predicted molar refractivity (Wildman–Crippen MR) is 78.0 cm³/mol. The van der Waals surface area contributed by atoms with Crippen molar-refractivity contribution in [3.63, 3.8) is 0 Å². The van der Waals surface area contributed by atoms with Crippen molar-refractivity contribution in [3.05, 3.63) is 29.8 Å². The van der Waals surface area contributed by atoms with Gasteiger partial charge in [-0.25, -0.2) is 0 Å². The van der Waals surface area contributed by atoms with Crippen LogP contribution in [0.5, 0.6) is 5.75 Å². The van der Waals surface area contributed by atoms with E-state index in [0.717, 1.165) is 37.4 Å². The second kappa shape index (κ2) is 5.83. The van der Waals surface area contributed by atoms with Crippen molar-refractivity contribution in [3.8, 4) is 5.75 Å². The van der Waals surface area contributed by atoms with Crippen LogP contribution in [0.3, 0.4) is 0 Å². The van der Waals surface area contributed by atoms with Crippen LogP contribution < -0.4 is 10.1 Å². The zero-order chi connectivity index (χ0) is 13.9. The molecule has 0 bridgehead atoms. The number of carbonyl (C=O) groups is 1. The van der Waals surface area contributed by atoms with Gasteiger partial charge in [0.1, 0.15) is 5.75 Å². The lowest BCUT2D eigenvalue weighted by Crippen LogP contribution is -2.48. The molecule has 0 saturated carbocycles. The molecule has 1 aromatic rings. The minimum Gasteiger partial charge on any atom is -0.494 e. The highest BCUT2D eigenvalue weighted by Gasteiger charge is 2.37. The first-order valence-corrected chi connectivity index (χ1v) is 7.54. The van der Waals surface area contributed by atoms with Crippen LogP contribution in [0.15, 0.2) is 24.3 Å². The molecule has 20 heavy (non-hydrogen) atoms. The first-order valence-electron chi connectivity index (χ1n) is 7.54. The third kappa shape index (κ3) is 2.52. The number of hydrogen-bond donors (Lipinski definition) is 1. The molecule has 1 aromatic carbocycles. The third-order valence-corrected chi connectivity index (χ3v) is 4.35. The average molecular weight is 274 g/mol. The molecule has 2 aliphatic heterocycles. The highest BCUT2D eigenvalue weighted by atomic mass is 16.5. The summed E-state index contributed by atoms with van der Waals surface area (Å²) in [5.41, 5.74) is 0.765. The lowest BCUT2D eigenvalue weighted by Gasteiger charge is -2.37. The number of rotatable bonds is 3. The number of piperidine rings is 1. The molecule has 3 rings (SSSR count). The fourth-order valence-electron chi connectivity index (χ4n) is 3.35. The van der Waals surface area contributed by atoms with Crippen LogP contribution >= 0.6 is 0 Å². The van der Waals surface area contributed by atoms with Gasteiger partial charge >= 0.3 is 0 Å². The molecular weight excluding hydrogens is 252 g/mol. The van der Waals surface area contributed by atoms with Crippen LogP contribution in [0.25, 0.3) is 0 Å². The summed E-state index contributed by atoms with van der Waals surface area (Å²) in [5.74, 6) is 1.62. The van der Waals surface area contributed by atoms with Gasteiger partial charge in [-0.15, -0.1) is 0 Å². The molecule has 2 aliphatic rings. The summed E-state index contributed by atoms with van der Waals surface area (Å²) in [6.07, 6.45) is 2.36. The van der Waals surface area contributed by atoms with Crippen molar-refractivity contribution in [2.24, 2.45) is 5.92 Å². The van der Waals surface area contributed by atoms with E-state index in [1.807, 2.05) is 31.2 Å². The average Bonchev–Trinajstić information content (AvgIpc) is 2.96. The van der Waals surface area contributed by atoms with Crippen LogP contribution in [0.1, 0.15) is 30.1 Å². The van der Waals surface area contributed by atoms with E-state index in [1.54, 1.807) is 0 Å². The van der Waals surface area contributed by atoms with E-state index in [1.165, 1.54) is 6.42 Å². The number of nitrogens with zero attached hydrogens (tertiary/aromatic N) is 1. The number of likely N-dealkylation sites (tertiary alicyclic amines) is 1. The van der Waals surface area contributed by atoms with Crippen molar-refractivity contribution < 1.29 is 9.53 Å². The Labute approximate surface area is 120 Å². The Morgan fingerprint density at radius 2 is 2.15 bits per heavy atom. The zero-order valence-electron chi connectivity index (χ0n) is 12.0. The largest absolute Gasteiger partial charge is 0.494 e. The minimum atomic E-state index is 0.159. The Balaban J connectivity index is 1.74. The molecule has 4 nitrogen and oxygen atoms in total. The van der Waals surface area contributed by atoms with Gasteiger partial charge in [0.15, 0.2) is 0 Å². The quantitative estimate of drug-likeness (QED) is 0.915. The van der Waals surface area contributed by atoms with Crippen LogP contribution in [0.4, 0.5) is 0 Å². The molecule has 2 saturated heterocycles. The Morgan fingerprint density at radius 3 is 2.90 bits per heavy atom. The van der Waals surface area contributed by atoms with Crippen LogP contribution in [-0.4, -0.2) is 43.1 Å². The maximum absolute atomic E-state index is 12.7. The number of nitrogens with one attached hydrogen (secondary N) is 1. The maximum Gasteiger partial charge on any atom is 0.254 e. The number of hydrogen-bond acceptors (Lipinski definition) is 3. The van der Waals surface area contributed by atoms with Gasteiger partial charge in [0, 0.05) is 31.2 Å². The van der Waals surface area contributed by atoms with Gasteiger partial charge in [-0.05, 0) is 49.9 Å². The summed E-state index contributed by atoms with van der Waals surface area (Å²) in [6, 6.07) is 7.89. The van der Waals surface area contributed by atoms with Gasteiger partial charge in [0.05, 0.1) is 6.61 Å². The molecule has 108 valence electrons. The van der Waals surface area contributed by atoms with Crippen molar-refractivity contribution in [2.45, 2.75) is 25.8 Å². The molecule has 1 amide bonds. The molecule has 0 aromatic heterocycles. The van der Waals surface area contributed by atoms with E-state index in [4.69, 9.17) is 4.74 Å². The normalized spacial score (nSPS) is 25.4. The van der Waals surface area contributed by atoms with Gasteiger partial charge in [-0.3, -0.25) is 4.79 Å². The zero-order valence-corrected chi connectivity index (χ0v) is 12.0. The molecule has 0 aliphatic carbocycles. The fraction of sp³-hybridized carbons (Fsp3) is 0.562. The van der Waals surface area contributed by atoms with Crippen molar-refractivity contribution in [1.29, 1.82) is 0 Å². The number of fused-ring (bicyclic) bond motifs is 1. The van der Waals surface area contributed by atoms with E-state index >= 15 is 0 Å². The van der Waals surface area contributed by atoms with E-state index in [0.29, 0.717) is 18.6 Å². The van der Waals surface area contributed by atoms with Crippen molar-refractivity contribution >= 4 is 5.91 Å². The highest BCUT2D eigenvalue weighted by molar-refractivity contribution is 5.94. The topological polar surface area (TPSA) is 41.6 Å². The Hall–Kier alpha value is -1.55. The number of carbonyl (C=O) groups excluding carboxylic acids is 1. The van der Waals surface area contributed by atoms with Crippen LogP contribution in [0.2, 0.25) is 0 Å². The van der Waals surface area contributed by atoms with Gasteiger partial charge < -0.3 is 15.0 Å². The molecule has 0 spiro atoms. The SMILES string of the molecule is CCOc1ccc(C(=O)N2CCCC3CNCC32)cc1. The van der Waals surface area contributed by atoms with Gasteiger partial charge in [0.2, 0.25) is 0 Å². The minimum absolute atomic E-state index is 0.159. The standard InChI is InChI=1S/C16H22N2O2/c1-2-20-14-7-5-12(6-8-14)16(19)18-9-3-4-13-10-17-11-15(13)18/h5-8,13,15,17H,2-4,9-11H2,1H3. The lowest BCUT2D eigenvalue weighted by atomic mass is 9.91. The number of benzene rings is 1. The van der Waals surface area contributed by atoms with Gasteiger partial charge in [-0.1, -0.05) is 0 Å². The molecule has 4 heteroatoms. The molecule has 2 heterocycles. The summed E-state index contributed by atoms with van der Waals surface area (Å²) < 4.78 is 5.42. The van der Waals surface area contributed by atoms with E-state index in [2.05, 4.69) is 10.2 Å². The van der Waals surface area contributed by atoms with E-state index in [9.17, 15) is 4.79 Å². The summed E-state index contributed by atoms with van der Waals surface area (Å²) in [7, 11) is 0. The Morgan fingerprint density at radius 1 is 1.35 bits per heavy atom. The molecular formula is C16H22N2O2. The second-order valence-corrected chi connectivity index (χ2v) is 5.58. The first-order chi connectivity index (χ1) is 9.79. The Kier molecular flexibility index (Phi) is 3.92. The molecule has 2 unspecified atom stereocenters. The number of ether oxygens (including phenoxy) is 1.